The quantitative estimate of drug-likeness (QED) is 0.805. The smallest absolute Gasteiger partial charge is 0.252 e. The summed E-state index contributed by atoms with van der Waals surface area (Å²) in [5.74, 6) is 1.36. The molecule has 5 nitrogen and oxygen atoms in total. The van der Waals surface area contributed by atoms with Crippen molar-refractivity contribution in [3.8, 4) is 0 Å². The minimum Gasteiger partial charge on any atom is -0.319 e. The van der Waals surface area contributed by atoms with Gasteiger partial charge in [0.2, 0.25) is 0 Å². The molecule has 74 valence electrons. The maximum absolute atomic E-state index is 5.77. The van der Waals surface area contributed by atoms with Crippen LogP contribution in [0.15, 0.2) is 12.4 Å². The van der Waals surface area contributed by atoms with Crippen molar-refractivity contribution in [2.24, 2.45) is 0 Å². The van der Waals surface area contributed by atoms with Gasteiger partial charge in [-0.15, -0.1) is 5.10 Å². The van der Waals surface area contributed by atoms with Crippen LogP contribution in [-0.4, -0.2) is 33.2 Å². The van der Waals surface area contributed by atoms with Gasteiger partial charge in [-0.1, -0.05) is 11.6 Å². The first-order valence-corrected chi connectivity index (χ1v) is 4.69. The Morgan fingerprint density at radius 2 is 2.43 bits per heavy atom. The molecule has 2 aromatic heterocycles. The van der Waals surface area contributed by atoms with Crippen LogP contribution >= 0.6 is 11.6 Å². The lowest BCUT2D eigenvalue weighted by Crippen LogP contribution is -2.11. The number of aromatic nitrogens is 4. The lowest BCUT2D eigenvalue weighted by atomic mass is 10.4. The molecule has 0 saturated carbocycles. The summed E-state index contributed by atoms with van der Waals surface area (Å²) < 4.78 is 1.59. The third kappa shape index (κ3) is 1.83. The van der Waals surface area contributed by atoms with E-state index in [9.17, 15) is 0 Å². The monoisotopic (exact) mass is 211 g/mol. The molecule has 2 aromatic rings. The molecule has 0 aromatic carbocycles. The highest BCUT2D eigenvalue weighted by Gasteiger charge is 2.03. The van der Waals surface area contributed by atoms with E-state index in [0.717, 1.165) is 18.8 Å². The number of nitrogens with one attached hydrogen (secondary N) is 1. The summed E-state index contributed by atoms with van der Waals surface area (Å²) in [6.45, 7) is 0.852. The lowest BCUT2D eigenvalue weighted by molar-refractivity contribution is 0.751. The third-order valence-corrected chi connectivity index (χ3v) is 2.00. The van der Waals surface area contributed by atoms with Crippen LogP contribution in [0, 0.1) is 0 Å². The van der Waals surface area contributed by atoms with Crippen LogP contribution in [0.4, 0.5) is 0 Å². The van der Waals surface area contributed by atoms with Gasteiger partial charge in [-0.05, 0) is 7.05 Å². The largest absolute Gasteiger partial charge is 0.319 e. The molecule has 0 spiro atoms. The summed E-state index contributed by atoms with van der Waals surface area (Å²) in [4.78, 5) is 8.28. The zero-order valence-electron chi connectivity index (χ0n) is 7.74. The van der Waals surface area contributed by atoms with Crippen molar-refractivity contribution in [3.63, 3.8) is 0 Å². The summed E-state index contributed by atoms with van der Waals surface area (Å²) in [5, 5.41) is 7.82. The van der Waals surface area contributed by atoms with Gasteiger partial charge in [-0.3, -0.25) is 0 Å². The Bertz CT molecular complexity index is 438. The van der Waals surface area contributed by atoms with Gasteiger partial charge in [0.25, 0.3) is 5.78 Å². The molecule has 2 rings (SSSR count). The Balaban J connectivity index is 2.32. The Labute approximate surface area is 86.1 Å². The minimum atomic E-state index is 0.558. The summed E-state index contributed by atoms with van der Waals surface area (Å²) in [5.41, 5.74) is 0. The van der Waals surface area contributed by atoms with Gasteiger partial charge >= 0.3 is 0 Å². The molecule has 0 aliphatic carbocycles. The minimum absolute atomic E-state index is 0.558. The summed E-state index contributed by atoms with van der Waals surface area (Å²) in [6.07, 6.45) is 4.05. The highest BCUT2D eigenvalue weighted by Crippen LogP contribution is 2.06. The highest BCUT2D eigenvalue weighted by atomic mass is 35.5. The standard InChI is InChI=1S/C8H10ClN5/c1-10-3-2-7-12-8-11-4-6(9)5-14(8)13-7/h4-5,10H,2-3H2,1H3. The van der Waals surface area contributed by atoms with Gasteiger partial charge in [0, 0.05) is 13.0 Å². The molecule has 0 aliphatic rings. The van der Waals surface area contributed by atoms with E-state index in [1.54, 1.807) is 16.9 Å². The van der Waals surface area contributed by atoms with Gasteiger partial charge < -0.3 is 5.32 Å². The van der Waals surface area contributed by atoms with Crippen molar-refractivity contribution < 1.29 is 0 Å². The topological polar surface area (TPSA) is 55.1 Å². The molecule has 0 fully saturated rings. The van der Waals surface area contributed by atoms with Crippen LogP contribution in [0.25, 0.3) is 5.78 Å². The summed E-state index contributed by atoms with van der Waals surface area (Å²) >= 11 is 5.77. The average molecular weight is 212 g/mol. The normalized spacial score (nSPS) is 11.0. The van der Waals surface area contributed by atoms with Crippen molar-refractivity contribution in [2.45, 2.75) is 6.42 Å². The molecule has 2 heterocycles. The predicted molar refractivity (Wildman–Crippen MR) is 53.4 cm³/mol. The molecule has 1 N–H and O–H groups in total. The van der Waals surface area contributed by atoms with Crippen molar-refractivity contribution in [2.75, 3.05) is 13.6 Å². The maximum atomic E-state index is 5.77. The van der Waals surface area contributed by atoms with E-state index in [0.29, 0.717) is 10.8 Å². The second-order valence-electron chi connectivity index (χ2n) is 2.90. The molecule has 0 radical (unpaired) electrons. The van der Waals surface area contributed by atoms with Crippen molar-refractivity contribution in [3.05, 3.63) is 23.2 Å². The van der Waals surface area contributed by atoms with E-state index in [1.807, 2.05) is 7.05 Å². The van der Waals surface area contributed by atoms with E-state index < -0.39 is 0 Å². The summed E-state index contributed by atoms with van der Waals surface area (Å²) in [7, 11) is 1.89. The number of fused-ring (bicyclic) bond motifs is 1. The van der Waals surface area contributed by atoms with E-state index in [2.05, 4.69) is 20.4 Å². The molecule has 0 saturated heterocycles. The Kier molecular flexibility index (Phi) is 2.60. The lowest BCUT2D eigenvalue weighted by Gasteiger charge is -1.91. The first-order valence-electron chi connectivity index (χ1n) is 4.31. The van der Waals surface area contributed by atoms with Crippen LogP contribution < -0.4 is 5.32 Å². The second kappa shape index (κ2) is 3.89. The number of halogens is 1. The molecule has 0 unspecified atom stereocenters. The van der Waals surface area contributed by atoms with E-state index in [1.165, 1.54) is 0 Å². The number of hydrogen-bond acceptors (Lipinski definition) is 4. The number of hydrogen-bond donors (Lipinski definition) is 1. The highest BCUT2D eigenvalue weighted by molar-refractivity contribution is 6.30. The van der Waals surface area contributed by atoms with E-state index in [4.69, 9.17) is 11.6 Å². The molecule has 14 heavy (non-hydrogen) atoms. The van der Waals surface area contributed by atoms with Crippen LogP contribution in [0.3, 0.4) is 0 Å². The molecule has 0 amide bonds. The van der Waals surface area contributed by atoms with Crippen LogP contribution in [0.2, 0.25) is 5.02 Å². The molecular weight excluding hydrogens is 202 g/mol. The molecule has 0 atom stereocenters. The molecule has 0 bridgehead atoms. The maximum Gasteiger partial charge on any atom is 0.252 e. The van der Waals surface area contributed by atoms with Gasteiger partial charge in [-0.25, -0.2) is 9.50 Å². The van der Waals surface area contributed by atoms with Crippen molar-refractivity contribution >= 4 is 17.4 Å². The zero-order chi connectivity index (χ0) is 9.97. The van der Waals surface area contributed by atoms with Crippen LogP contribution in [-0.2, 0) is 6.42 Å². The summed E-state index contributed by atoms with van der Waals surface area (Å²) in [6, 6.07) is 0. The Hall–Kier alpha value is -1.20. The first kappa shape index (κ1) is 9.36. The molecule has 0 aliphatic heterocycles. The second-order valence-corrected chi connectivity index (χ2v) is 3.33. The van der Waals surface area contributed by atoms with Gasteiger partial charge in [0.05, 0.1) is 17.4 Å². The van der Waals surface area contributed by atoms with Crippen LogP contribution in [0.1, 0.15) is 5.82 Å². The fraction of sp³-hybridized carbons (Fsp3) is 0.375. The first-order chi connectivity index (χ1) is 6.79. The number of nitrogens with zero attached hydrogens (tertiary/aromatic N) is 4. The van der Waals surface area contributed by atoms with Gasteiger partial charge in [0.15, 0.2) is 5.82 Å². The third-order valence-electron chi connectivity index (χ3n) is 1.80. The Morgan fingerprint density at radius 3 is 3.21 bits per heavy atom. The number of rotatable bonds is 3. The van der Waals surface area contributed by atoms with Crippen molar-refractivity contribution in [1.82, 2.24) is 24.9 Å². The van der Waals surface area contributed by atoms with Crippen LogP contribution in [0.5, 0.6) is 0 Å². The SMILES string of the molecule is CNCCc1nc2ncc(Cl)cn2n1. The fourth-order valence-electron chi connectivity index (χ4n) is 1.14. The van der Waals surface area contributed by atoms with Gasteiger partial charge in [-0.2, -0.15) is 4.98 Å². The fourth-order valence-corrected chi connectivity index (χ4v) is 1.29. The van der Waals surface area contributed by atoms with Gasteiger partial charge in [0.1, 0.15) is 0 Å². The number of likely N-dealkylation sites (N-methyl/N-ethyl adjacent to an activating group) is 1. The van der Waals surface area contributed by atoms with Crippen molar-refractivity contribution in [1.29, 1.82) is 0 Å². The predicted octanol–water partition coefficient (Wildman–Crippen LogP) is 0.540. The zero-order valence-corrected chi connectivity index (χ0v) is 8.49. The average Bonchev–Trinajstić information content (AvgIpc) is 2.56. The molecular formula is C8H10ClN5. The molecule has 6 heteroatoms. The van der Waals surface area contributed by atoms with E-state index >= 15 is 0 Å². The Morgan fingerprint density at radius 1 is 1.57 bits per heavy atom. The van der Waals surface area contributed by atoms with E-state index in [-0.39, 0.29) is 0 Å².